The van der Waals surface area contributed by atoms with Crippen LogP contribution in [0.15, 0.2) is 35.2 Å². The Morgan fingerprint density at radius 3 is 2.36 bits per heavy atom. The van der Waals surface area contributed by atoms with Crippen molar-refractivity contribution in [3.63, 3.8) is 0 Å². The van der Waals surface area contributed by atoms with Gasteiger partial charge in [-0.15, -0.1) is 0 Å². The molecule has 0 bridgehead atoms. The Morgan fingerprint density at radius 2 is 1.76 bits per heavy atom. The zero-order valence-electron chi connectivity index (χ0n) is 17.5. The lowest BCUT2D eigenvalue weighted by atomic mass is 10.0. The zero-order valence-corrected chi connectivity index (χ0v) is 18.3. The highest BCUT2D eigenvalue weighted by atomic mass is 32.2. The Hall–Kier alpha value is -2.98. The van der Waals surface area contributed by atoms with E-state index in [4.69, 9.17) is 0 Å². The molecule has 2 aliphatic rings. The summed E-state index contributed by atoms with van der Waals surface area (Å²) in [6.07, 6.45) is 2.85. The lowest BCUT2D eigenvalue weighted by Crippen LogP contribution is -2.37. The summed E-state index contributed by atoms with van der Waals surface area (Å²) in [5, 5.41) is 9.49. The summed E-state index contributed by atoms with van der Waals surface area (Å²) >= 11 is 0. The second-order valence-electron chi connectivity index (χ2n) is 8.60. The van der Waals surface area contributed by atoms with Crippen molar-refractivity contribution in [1.82, 2.24) is 9.29 Å². The van der Waals surface area contributed by atoms with Gasteiger partial charge in [0.2, 0.25) is 10.0 Å². The topological polar surface area (TPSA) is 87.6 Å². The van der Waals surface area contributed by atoms with Crippen molar-refractivity contribution in [2.45, 2.75) is 43.0 Å². The largest absolute Gasteiger partial charge is 0.478 e. The SMILES string of the molecule is Cc1c(F)c(-c2c(F)cc(S(=O)(=O)N3CCCC34CC4)cc2F)nc2cc(C(=O)O)ccc12. The quantitative estimate of drug-likeness (QED) is 0.593. The van der Waals surface area contributed by atoms with Crippen molar-refractivity contribution in [1.29, 1.82) is 0 Å². The van der Waals surface area contributed by atoms with Crippen LogP contribution < -0.4 is 0 Å². The number of hydrogen-bond donors (Lipinski definition) is 1. The number of carboxylic acid groups (broad SMARTS) is 1. The number of benzene rings is 2. The van der Waals surface area contributed by atoms with Crippen molar-refractivity contribution < 1.29 is 31.5 Å². The van der Waals surface area contributed by atoms with Gasteiger partial charge in [0.25, 0.3) is 0 Å². The predicted octanol–water partition coefficient (Wildman–Crippen LogP) is 4.64. The van der Waals surface area contributed by atoms with Crippen molar-refractivity contribution in [3.05, 3.63) is 58.9 Å². The van der Waals surface area contributed by atoms with Gasteiger partial charge in [0.15, 0.2) is 5.82 Å². The van der Waals surface area contributed by atoms with Gasteiger partial charge < -0.3 is 5.11 Å². The van der Waals surface area contributed by atoms with E-state index in [2.05, 4.69) is 4.98 Å². The molecule has 1 spiro atoms. The third kappa shape index (κ3) is 3.31. The fraction of sp³-hybridized carbons (Fsp3) is 0.304. The summed E-state index contributed by atoms with van der Waals surface area (Å²) in [7, 11) is -4.12. The molecule has 1 saturated heterocycles. The number of rotatable bonds is 4. The second kappa shape index (κ2) is 7.26. The summed E-state index contributed by atoms with van der Waals surface area (Å²) in [6.45, 7) is 1.68. The number of sulfonamides is 1. The zero-order chi connectivity index (χ0) is 23.7. The number of nitrogens with zero attached hydrogens (tertiary/aromatic N) is 2. The molecule has 0 radical (unpaired) electrons. The number of aryl methyl sites for hydroxylation is 1. The minimum absolute atomic E-state index is 0.0372. The van der Waals surface area contributed by atoms with Gasteiger partial charge in [-0.2, -0.15) is 4.31 Å². The van der Waals surface area contributed by atoms with E-state index in [1.165, 1.54) is 29.4 Å². The Morgan fingerprint density at radius 1 is 1.09 bits per heavy atom. The van der Waals surface area contributed by atoms with Crippen molar-refractivity contribution >= 4 is 26.9 Å². The van der Waals surface area contributed by atoms with Crippen molar-refractivity contribution in [2.24, 2.45) is 0 Å². The van der Waals surface area contributed by atoms with E-state index in [-0.39, 0.29) is 16.6 Å². The molecule has 1 saturated carbocycles. The molecule has 3 aromatic rings. The molecule has 6 nitrogen and oxygen atoms in total. The van der Waals surface area contributed by atoms with Crippen LogP contribution in [0.1, 0.15) is 41.6 Å². The maximum Gasteiger partial charge on any atom is 0.335 e. The number of carboxylic acids is 1. The van der Waals surface area contributed by atoms with E-state index in [1.54, 1.807) is 0 Å². The number of aromatic carboxylic acids is 1. The van der Waals surface area contributed by atoms with Crippen LogP contribution >= 0.6 is 0 Å². The van der Waals surface area contributed by atoms with Crippen LogP contribution in [0, 0.1) is 24.4 Å². The third-order valence-electron chi connectivity index (χ3n) is 6.62. The monoisotopic (exact) mass is 476 g/mol. The summed E-state index contributed by atoms with van der Waals surface area (Å²) in [5.41, 5.74) is -1.94. The highest BCUT2D eigenvalue weighted by Gasteiger charge is 2.55. The van der Waals surface area contributed by atoms with Crippen LogP contribution in [0.2, 0.25) is 0 Å². The van der Waals surface area contributed by atoms with Gasteiger partial charge in [0, 0.05) is 17.5 Å². The molecule has 1 aromatic heterocycles. The minimum Gasteiger partial charge on any atom is -0.478 e. The van der Waals surface area contributed by atoms with E-state index in [1.807, 2.05) is 0 Å². The van der Waals surface area contributed by atoms with Gasteiger partial charge in [-0.25, -0.2) is 31.4 Å². The van der Waals surface area contributed by atoms with Gasteiger partial charge >= 0.3 is 5.97 Å². The van der Waals surface area contributed by atoms with Gasteiger partial charge in [-0.1, -0.05) is 6.07 Å². The Balaban J connectivity index is 1.65. The Labute approximate surface area is 187 Å². The smallest absolute Gasteiger partial charge is 0.335 e. The average Bonchev–Trinajstić information content (AvgIpc) is 3.39. The summed E-state index contributed by atoms with van der Waals surface area (Å²) in [4.78, 5) is 14.7. The maximum atomic E-state index is 15.1. The molecule has 2 aromatic carbocycles. The molecule has 172 valence electrons. The van der Waals surface area contributed by atoms with E-state index in [9.17, 15) is 18.3 Å². The normalized spacial score (nSPS) is 17.7. The maximum absolute atomic E-state index is 15.1. The van der Waals surface area contributed by atoms with Gasteiger partial charge in [0.05, 0.1) is 21.5 Å². The Kier molecular flexibility index (Phi) is 4.81. The third-order valence-corrected chi connectivity index (χ3v) is 8.60. The number of pyridine rings is 1. The molecule has 1 N–H and O–H groups in total. The molecule has 1 aliphatic carbocycles. The van der Waals surface area contributed by atoms with E-state index in [0.717, 1.165) is 19.3 Å². The number of fused-ring (bicyclic) bond motifs is 1. The van der Waals surface area contributed by atoms with Crippen LogP contribution in [0.3, 0.4) is 0 Å². The van der Waals surface area contributed by atoms with Gasteiger partial charge in [0.1, 0.15) is 17.3 Å². The van der Waals surface area contributed by atoms with Crippen LogP contribution in [0.4, 0.5) is 13.2 Å². The molecule has 10 heteroatoms. The van der Waals surface area contributed by atoms with Crippen LogP contribution in [-0.2, 0) is 10.0 Å². The van der Waals surface area contributed by atoms with Crippen LogP contribution in [0.5, 0.6) is 0 Å². The van der Waals surface area contributed by atoms with E-state index < -0.39 is 55.1 Å². The van der Waals surface area contributed by atoms with E-state index in [0.29, 0.717) is 30.5 Å². The van der Waals surface area contributed by atoms with Crippen molar-refractivity contribution in [2.75, 3.05) is 6.54 Å². The molecule has 5 rings (SSSR count). The summed E-state index contributed by atoms with van der Waals surface area (Å²) in [6, 6.07) is 5.22. The molecule has 0 amide bonds. The van der Waals surface area contributed by atoms with E-state index >= 15 is 13.2 Å². The molecule has 33 heavy (non-hydrogen) atoms. The number of aromatic nitrogens is 1. The fourth-order valence-electron chi connectivity index (χ4n) is 4.69. The number of carbonyl (C=O) groups is 1. The molecular formula is C23H19F3N2O4S. The summed E-state index contributed by atoms with van der Waals surface area (Å²) < 4.78 is 72.8. The van der Waals surface area contributed by atoms with Gasteiger partial charge in [-0.3, -0.25) is 0 Å². The lowest BCUT2D eigenvalue weighted by molar-refractivity contribution is 0.0697. The molecule has 1 aliphatic heterocycles. The number of halogens is 3. The average molecular weight is 476 g/mol. The van der Waals surface area contributed by atoms with Crippen LogP contribution in [0.25, 0.3) is 22.2 Å². The first-order valence-electron chi connectivity index (χ1n) is 10.4. The number of hydrogen-bond acceptors (Lipinski definition) is 4. The standard InChI is InChI=1S/C23H19F3N2O4S/c1-12-15-4-3-13(22(29)30)9-18(15)27-21(20(12)26)19-16(24)10-14(11-17(19)25)33(31,32)28-8-2-5-23(28)6-7-23/h3-4,9-11H,2,5-8H2,1H3,(H,29,30). The first-order chi connectivity index (χ1) is 15.5. The minimum atomic E-state index is -4.12. The molecule has 0 unspecified atom stereocenters. The second-order valence-corrected chi connectivity index (χ2v) is 10.5. The van der Waals surface area contributed by atoms with Crippen LogP contribution in [-0.4, -0.2) is 40.9 Å². The first-order valence-corrected chi connectivity index (χ1v) is 11.8. The van der Waals surface area contributed by atoms with Gasteiger partial charge in [-0.05, 0) is 62.4 Å². The molecular weight excluding hydrogens is 457 g/mol. The first kappa shape index (κ1) is 21.8. The molecule has 2 heterocycles. The highest BCUT2D eigenvalue weighted by molar-refractivity contribution is 7.89. The molecule has 0 atom stereocenters. The lowest BCUT2D eigenvalue weighted by Gasteiger charge is -2.24. The predicted molar refractivity (Wildman–Crippen MR) is 114 cm³/mol. The molecule has 2 fully saturated rings. The fourth-order valence-corrected chi connectivity index (χ4v) is 6.60. The Bertz CT molecular complexity index is 1430. The van der Waals surface area contributed by atoms with Crippen molar-refractivity contribution in [3.8, 4) is 11.3 Å². The highest BCUT2D eigenvalue weighted by Crippen LogP contribution is 2.51. The summed E-state index contributed by atoms with van der Waals surface area (Å²) in [5.74, 6) is -4.74.